The quantitative estimate of drug-likeness (QED) is 0.861. The summed E-state index contributed by atoms with van der Waals surface area (Å²) in [5.74, 6) is -0.409. The molecule has 0 radical (unpaired) electrons. The van der Waals surface area contributed by atoms with Crippen molar-refractivity contribution in [3.05, 3.63) is 65.2 Å². The molecule has 0 saturated carbocycles. The van der Waals surface area contributed by atoms with Gasteiger partial charge in [-0.3, -0.25) is 9.59 Å². The molecule has 0 fully saturated rings. The number of carbonyl (C=O) groups excluding carboxylic acids is 2. The SMILES string of the molecule is NC(=O)c1ccc(COc2cccc(C(N)=O)c2)cc1. The van der Waals surface area contributed by atoms with Gasteiger partial charge in [-0.05, 0) is 35.9 Å². The van der Waals surface area contributed by atoms with Gasteiger partial charge in [0.25, 0.3) is 0 Å². The van der Waals surface area contributed by atoms with E-state index >= 15 is 0 Å². The van der Waals surface area contributed by atoms with Gasteiger partial charge in [0.05, 0.1) is 0 Å². The van der Waals surface area contributed by atoms with E-state index in [-0.39, 0.29) is 0 Å². The summed E-state index contributed by atoms with van der Waals surface area (Å²) in [7, 11) is 0. The van der Waals surface area contributed by atoms with Crippen LogP contribution in [0.3, 0.4) is 0 Å². The number of amides is 2. The Hall–Kier alpha value is -2.82. The van der Waals surface area contributed by atoms with E-state index in [9.17, 15) is 9.59 Å². The molecule has 0 spiro atoms. The number of carbonyl (C=O) groups is 2. The largest absolute Gasteiger partial charge is 0.489 e. The van der Waals surface area contributed by atoms with Gasteiger partial charge in [0.2, 0.25) is 11.8 Å². The third-order valence-electron chi connectivity index (χ3n) is 2.76. The highest BCUT2D eigenvalue weighted by molar-refractivity contribution is 5.93. The number of rotatable bonds is 5. The van der Waals surface area contributed by atoms with E-state index < -0.39 is 11.8 Å². The van der Waals surface area contributed by atoms with Gasteiger partial charge in [0.15, 0.2) is 0 Å². The lowest BCUT2D eigenvalue weighted by molar-refractivity contribution is 0.0991. The Morgan fingerprint density at radius 3 is 2.15 bits per heavy atom. The van der Waals surface area contributed by atoms with Gasteiger partial charge in [-0.2, -0.15) is 0 Å². The topological polar surface area (TPSA) is 95.4 Å². The predicted molar refractivity (Wildman–Crippen MR) is 74.3 cm³/mol. The molecule has 0 saturated heterocycles. The van der Waals surface area contributed by atoms with E-state index in [1.165, 1.54) is 0 Å². The van der Waals surface area contributed by atoms with E-state index in [1.54, 1.807) is 48.5 Å². The van der Waals surface area contributed by atoms with Crippen LogP contribution in [0.1, 0.15) is 26.3 Å². The van der Waals surface area contributed by atoms with Gasteiger partial charge in [-0.15, -0.1) is 0 Å². The molecular weight excluding hydrogens is 256 g/mol. The van der Waals surface area contributed by atoms with Crippen molar-refractivity contribution in [1.29, 1.82) is 0 Å². The van der Waals surface area contributed by atoms with E-state index in [2.05, 4.69) is 0 Å². The zero-order chi connectivity index (χ0) is 14.5. The molecule has 4 N–H and O–H groups in total. The second-order valence-corrected chi connectivity index (χ2v) is 4.24. The number of benzene rings is 2. The molecule has 102 valence electrons. The Bertz CT molecular complexity index is 636. The standard InChI is InChI=1S/C15H14N2O3/c16-14(18)11-6-4-10(5-7-11)9-20-13-3-1-2-12(8-13)15(17)19/h1-8H,9H2,(H2,16,18)(H2,17,19). The fourth-order valence-corrected chi connectivity index (χ4v) is 1.67. The molecule has 20 heavy (non-hydrogen) atoms. The molecule has 2 aromatic rings. The smallest absolute Gasteiger partial charge is 0.248 e. The van der Waals surface area contributed by atoms with Crippen molar-refractivity contribution in [3.63, 3.8) is 0 Å². The maximum absolute atomic E-state index is 11.1. The van der Waals surface area contributed by atoms with E-state index in [0.717, 1.165) is 5.56 Å². The molecule has 2 rings (SSSR count). The van der Waals surface area contributed by atoms with Crippen LogP contribution in [0, 0.1) is 0 Å². The van der Waals surface area contributed by atoms with Crippen molar-refractivity contribution in [2.45, 2.75) is 6.61 Å². The van der Waals surface area contributed by atoms with Crippen LogP contribution in [0.4, 0.5) is 0 Å². The van der Waals surface area contributed by atoms with Gasteiger partial charge in [0, 0.05) is 11.1 Å². The summed E-state index contributed by atoms with van der Waals surface area (Å²) in [4.78, 5) is 22.0. The molecule has 2 aromatic carbocycles. The fourth-order valence-electron chi connectivity index (χ4n) is 1.67. The Kier molecular flexibility index (Phi) is 4.00. The Balaban J connectivity index is 2.03. The Morgan fingerprint density at radius 2 is 1.55 bits per heavy atom. The highest BCUT2D eigenvalue weighted by Gasteiger charge is 2.03. The second kappa shape index (κ2) is 5.88. The molecule has 0 bridgehead atoms. The number of nitrogens with two attached hydrogens (primary N) is 2. The van der Waals surface area contributed by atoms with E-state index in [1.807, 2.05) is 0 Å². The molecule has 0 aliphatic heterocycles. The molecule has 0 heterocycles. The Labute approximate surface area is 116 Å². The van der Waals surface area contributed by atoms with Crippen LogP contribution in [0.5, 0.6) is 5.75 Å². The molecule has 0 aliphatic carbocycles. The molecule has 0 unspecified atom stereocenters. The maximum Gasteiger partial charge on any atom is 0.248 e. The number of hydrogen-bond donors (Lipinski definition) is 2. The van der Waals surface area contributed by atoms with Crippen molar-refractivity contribution in [2.24, 2.45) is 11.5 Å². The van der Waals surface area contributed by atoms with Gasteiger partial charge in [-0.1, -0.05) is 18.2 Å². The first-order valence-corrected chi connectivity index (χ1v) is 5.97. The second-order valence-electron chi connectivity index (χ2n) is 4.24. The average Bonchev–Trinajstić information content (AvgIpc) is 2.46. The lowest BCUT2D eigenvalue weighted by atomic mass is 10.1. The molecular formula is C15H14N2O3. The van der Waals surface area contributed by atoms with Gasteiger partial charge in [0.1, 0.15) is 12.4 Å². The molecule has 0 aliphatic rings. The fraction of sp³-hybridized carbons (Fsp3) is 0.0667. The highest BCUT2D eigenvalue weighted by Crippen LogP contribution is 2.15. The summed E-state index contributed by atoms with van der Waals surface area (Å²) in [5.41, 5.74) is 12.1. The average molecular weight is 270 g/mol. The maximum atomic E-state index is 11.1. The number of hydrogen-bond acceptors (Lipinski definition) is 3. The van der Waals surface area contributed by atoms with Crippen molar-refractivity contribution in [2.75, 3.05) is 0 Å². The van der Waals surface area contributed by atoms with Crippen molar-refractivity contribution >= 4 is 11.8 Å². The zero-order valence-corrected chi connectivity index (χ0v) is 10.7. The van der Waals surface area contributed by atoms with E-state index in [4.69, 9.17) is 16.2 Å². The van der Waals surface area contributed by atoms with Crippen LogP contribution in [0.25, 0.3) is 0 Å². The number of primary amides is 2. The molecule has 5 heteroatoms. The Morgan fingerprint density at radius 1 is 0.900 bits per heavy atom. The van der Waals surface area contributed by atoms with Crippen LogP contribution in [-0.4, -0.2) is 11.8 Å². The van der Waals surface area contributed by atoms with Crippen LogP contribution >= 0.6 is 0 Å². The summed E-state index contributed by atoms with van der Waals surface area (Å²) in [5, 5.41) is 0. The summed E-state index contributed by atoms with van der Waals surface area (Å²) in [6.45, 7) is 0.321. The van der Waals surface area contributed by atoms with Crippen LogP contribution in [0.2, 0.25) is 0 Å². The van der Waals surface area contributed by atoms with Gasteiger partial charge < -0.3 is 16.2 Å². The van der Waals surface area contributed by atoms with Gasteiger partial charge >= 0.3 is 0 Å². The third-order valence-corrected chi connectivity index (χ3v) is 2.76. The van der Waals surface area contributed by atoms with Crippen molar-refractivity contribution < 1.29 is 14.3 Å². The lowest BCUT2D eigenvalue weighted by Gasteiger charge is -2.07. The molecule has 2 amide bonds. The van der Waals surface area contributed by atoms with Gasteiger partial charge in [-0.25, -0.2) is 0 Å². The van der Waals surface area contributed by atoms with Crippen LogP contribution < -0.4 is 16.2 Å². The third kappa shape index (κ3) is 3.35. The lowest BCUT2D eigenvalue weighted by Crippen LogP contribution is -2.11. The monoisotopic (exact) mass is 270 g/mol. The van der Waals surface area contributed by atoms with Crippen molar-refractivity contribution in [1.82, 2.24) is 0 Å². The highest BCUT2D eigenvalue weighted by atomic mass is 16.5. The van der Waals surface area contributed by atoms with Crippen molar-refractivity contribution in [3.8, 4) is 5.75 Å². The summed E-state index contributed by atoms with van der Waals surface area (Å²) in [6, 6.07) is 13.4. The summed E-state index contributed by atoms with van der Waals surface area (Å²) in [6.07, 6.45) is 0. The first-order chi connectivity index (χ1) is 9.56. The first kappa shape index (κ1) is 13.6. The van der Waals surface area contributed by atoms with Crippen LogP contribution in [0.15, 0.2) is 48.5 Å². The molecule has 5 nitrogen and oxygen atoms in total. The zero-order valence-electron chi connectivity index (χ0n) is 10.7. The first-order valence-electron chi connectivity index (χ1n) is 5.97. The van der Waals surface area contributed by atoms with Crippen LogP contribution in [-0.2, 0) is 6.61 Å². The molecule has 0 atom stereocenters. The predicted octanol–water partition coefficient (Wildman–Crippen LogP) is 1.46. The summed E-state index contributed by atoms with van der Waals surface area (Å²) < 4.78 is 5.56. The minimum atomic E-state index is -0.499. The minimum Gasteiger partial charge on any atom is -0.489 e. The minimum absolute atomic E-state index is 0.321. The normalized spacial score (nSPS) is 10.0. The van der Waals surface area contributed by atoms with E-state index in [0.29, 0.717) is 23.5 Å². The summed E-state index contributed by atoms with van der Waals surface area (Å²) >= 11 is 0. The molecule has 0 aromatic heterocycles. The number of ether oxygens (including phenoxy) is 1.